The van der Waals surface area contributed by atoms with Gasteiger partial charge in [0.05, 0.1) is 9.79 Å². The Morgan fingerprint density at radius 3 is 1.08 bits per heavy atom. The van der Waals surface area contributed by atoms with Crippen LogP contribution in [0.2, 0.25) is 0 Å². The zero-order valence-electron chi connectivity index (χ0n) is 11.9. The standard InChI is InChI=1S/2C6H4Br2O3S.Ba/c2*7-5-2-1-4(3-6(5)8)12(9,10)11;/h2*1-3H,(H,9,10,11);/q;;+2/p-2. The summed E-state index contributed by atoms with van der Waals surface area (Å²) in [6, 6.07) is 8.00. The fourth-order valence-electron chi connectivity index (χ4n) is 1.26. The first-order chi connectivity index (χ1) is 10.8. The van der Waals surface area contributed by atoms with Crippen molar-refractivity contribution < 1.29 is 25.9 Å². The summed E-state index contributed by atoms with van der Waals surface area (Å²) in [5, 5.41) is 0. The molecule has 0 bridgehead atoms. The topological polar surface area (TPSA) is 114 Å². The van der Waals surface area contributed by atoms with Crippen molar-refractivity contribution in [3.63, 3.8) is 0 Å². The van der Waals surface area contributed by atoms with E-state index in [1.54, 1.807) is 0 Å². The summed E-state index contributed by atoms with van der Waals surface area (Å²) in [5.74, 6) is 0. The molecule has 0 saturated heterocycles. The average molecular weight is 767 g/mol. The normalized spacial score (nSPS) is 11.1. The first-order valence-corrected chi connectivity index (χ1v) is 11.6. The molecule has 0 amide bonds. The van der Waals surface area contributed by atoms with Crippen molar-refractivity contribution in [2.75, 3.05) is 0 Å². The first kappa shape index (κ1) is 26.8. The third-order valence-corrected chi connectivity index (χ3v) is 7.78. The van der Waals surface area contributed by atoms with Gasteiger partial charge >= 0.3 is 48.9 Å². The van der Waals surface area contributed by atoms with E-state index in [0.717, 1.165) is 0 Å². The van der Waals surface area contributed by atoms with Crippen LogP contribution < -0.4 is 0 Å². The van der Waals surface area contributed by atoms with Gasteiger partial charge in [0.1, 0.15) is 20.2 Å². The van der Waals surface area contributed by atoms with Crippen LogP contribution in [-0.2, 0) is 20.2 Å². The minimum Gasteiger partial charge on any atom is -0.744 e. The zero-order chi connectivity index (χ0) is 18.7. The molecule has 13 heteroatoms. The van der Waals surface area contributed by atoms with Crippen LogP contribution in [0.5, 0.6) is 0 Å². The SMILES string of the molecule is O=S(=O)([O-])c1ccc(Br)c(Br)c1.O=S(=O)([O-])c1ccc(Br)c(Br)c1.[Ba+2]. The fourth-order valence-corrected chi connectivity index (χ4v) is 3.81. The predicted molar refractivity (Wildman–Crippen MR) is 105 cm³/mol. The van der Waals surface area contributed by atoms with Crippen LogP contribution in [0, 0.1) is 0 Å². The van der Waals surface area contributed by atoms with E-state index in [-0.39, 0.29) is 58.7 Å². The van der Waals surface area contributed by atoms with Crippen LogP contribution in [0.4, 0.5) is 0 Å². The quantitative estimate of drug-likeness (QED) is 0.339. The summed E-state index contributed by atoms with van der Waals surface area (Å²) in [5.41, 5.74) is 0. The second kappa shape index (κ2) is 11.1. The van der Waals surface area contributed by atoms with Crippen molar-refractivity contribution in [2.24, 2.45) is 0 Å². The molecule has 0 aliphatic rings. The van der Waals surface area contributed by atoms with Gasteiger partial charge in [-0.05, 0) is 100 Å². The summed E-state index contributed by atoms with van der Waals surface area (Å²) >= 11 is 12.5. The third kappa shape index (κ3) is 9.19. The maximum absolute atomic E-state index is 10.5. The molecular weight excluding hydrogens is 761 g/mol. The monoisotopic (exact) mass is 764 g/mol. The van der Waals surface area contributed by atoms with Crippen molar-refractivity contribution in [3.8, 4) is 0 Å². The number of benzene rings is 2. The van der Waals surface area contributed by atoms with Crippen LogP contribution in [-0.4, -0.2) is 74.8 Å². The van der Waals surface area contributed by atoms with Crippen LogP contribution >= 0.6 is 63.7 Å². The Morgan fingerprint density at radius 1 is 0.600 bits per heavy atom. The van der Waals surface area contributed by atoms with Crippen LogP contribution in [0.1, 0.15) is 0 Å². The maximum Gasteiger partial charge on any atom is 2.00 e. The van der Waals surface area contributed by atoms with Gasteiger partial charge in [-0.2, -0.15) is 0 Å². The summed E-state index contributed by atoms with van der Waals surface area (Å²) in [4.78, 5) is -0.477. The molecule has 0 N–H and O–H groups in total. The molecule has 132 valence electrons. The van der Waals surface area contributed by atoms with Crippen LogP contribution in [0.15, 0.2) is 64.1 Å². The molecular formula is C12H6BaBr4O6S2. The molecule has 0 aliphatic heterocycles. The Labute approximate surface area is 219 Å². The van der Waals surface area contributed by atoms with Crippen molar-refractivity contribution in [1.82, 2.24) is 0 Å². The molecule has 0 heterocycles. The molecule has 6 nitrogen and oxygen atoms in total. The Morgan fingerprint density at radius 2 is 0.880 bits per heavy atom. The van der Waals surface area contributed by atoms with Gasteiger partial charge in [0.2, 0.25) is 0 Å². The average Bonchev–Trinajstić information content (AvgIpc) is 2.43. The molecule has 0 radical (unpaired) electrons. The third-order valence-electron chi connectivity index (χ3n) is 2.36. The van der Waals surface area contributed by atoms with E-state index in [1.165, 1.54) is 36.4 Å². The Hall–Kier alpha value is 1.75. The molecule has 0 spiro atoms. The van der Waals surface area contributed by atoms with Gasteiger partial charge in [-0.1, -0.05) is 0 Å². The molecule has 0 aliphatic carbocycles. The minimum atomic E-state index is -4.34. The van der Waals surface area contributed by atoms with Gasteiger partial charge in [-0.15, -0.1) is 0 Å². The number of halogens is 4. The van der Waals surface area contributed by atoms with Crippen molar-refractivity contribution in [3.05, 3.63) is 54.3 Å². The first-order valence-electron chi connectivity index (χ1n) is 5.64. The van der Waals surface area contributed by atoms with E-state index < -0.39 is 20.2 Å². The van der Waals surface area contributed by atoms with E-state index in [9.17, 15) is 25.9 Å². The minimum absolute atomic E-state index is 0. The number of rotatable bonds is 2. The van der Waals surface area contributed by atoms with Gasteiger partial charge in [-0.25, -0.2) is 16.8 Å². The molecule has 0 fully saturated rings. The van der Waals surface area contributed by atoms with E-state index in [0.29, 0.717) is 17.9 Å². The van der Waals surface area contributed by atoms with Gasteiger partial charge in [-0.3, -0.25) is 0 Å². The van der Waals surface area contributed by atoms with Crippen molar-refractivity contribution >= 4 is 133 Å². The van der Waals surface area contributed by atoms with Crippen molar-refractivity contribution in [2.45, 2.75) is 9.79 Å². The number of hydrogen-bond acceptors (Lipinski definition) is 6. The zero-order valence-corrected chi connectivity index (χ0v) is 24.4. The molecule has 25 heavy (non-hydrogen) atoms. The summed E-state index contributed by atoms with van der Waals surface area (Å²) in [6.07, 6.45) is 0. The second-order valence-electron chi connectivity index (χ2n) is 4.06. The van der Waals surface area contributed by atoms with Gasteiger partial charge in [0.15, 0.2) is 0 Å². The van der Waals surface area contributed by atoms with E-state index >= 15 is 0 Å². The number of hydrogen-bond donors (Lipinski definition) is 0. The second-order valence-corrected chi connectivity index (χ2v) is 10.2. The molecule has 0 unspecified atom stereocenters. The Bertz CT molecular complexity index is 884. The fraction of sp³-hybridized carbons (Fsp3) is 0. The maximum atomic E-state index is 10.5. The van der Waals surface area contributed by atoms with Gasteiger partial charge in [0, 0.05) is 17.9 Å². The summed E-state index contributed by atoms with van der Waals surface area (Å²) in [7, 11) is -8.69. The largest absolute Gasteiger partial charge is 2.00 e. The smallest absolute Gasteiger partial charge is 0.744 e. The van der Waals surface area contributed by atoms with Crippen LogP contribution in [0.25, 0.3) is 0 Å². The predicted octanol–water partition coefficient (Wildman–Crippen LogP) is 3.85. The Balaban J connectivity index is 0.000000443. The molecule has 0 aromatic heterocycles. The Kier molecular flexibility index (Phi) is 11.8. The molecule has 0 atom stereocenters. The molecule has 2 aromatic carbocycles. The van der Waals surface area contributed by atoms with E-state index in [1.807, 2.05) is 0 Å². The summed E-state index contributed by atoms with van der Waals surface area (Å²) < 4.78 is 65.5. The van der Waals surface area contributed by atoms with Crippen molar-refractivity contribution in [1.29, 1.82) is 0 Å². The molecule has 2 rings (SSSR count). The van der Waals surface area contributed by atoms with Crippen LogP contribution in [0.3, 0.4) is 0 Å². The summed E-state index contributed by atoms with van der Waals surface area (Å²) in [6.45, 7) is 0. The molecule has 0 saturated carbocycles. The molecule has 2 aromatic rings. The van der Waals surface area contributed by atoms with Gasteiger partial charge < -0.3 is 9.11 Å². The van der Waals surface area contributed by atoms with E-state index in [2.05, 4.69) is 63.7 Å². The van der Waals surface area contributed by atoms with E-state index in [4.69, 9.17) is 0 Å². The van der Waals surface area contributed by atoms with Gasteiger partial charge in [0.25, 0.3) is 0 Å².